The molecule has 0 N–H and O–H groups in total. The summed E-state index contributed by atoms with van der Waals surface area (Å²) < 4.78 is 0. The largest absolute Gasteiger partial charge is 0.299 e. The Hall–Kier alpha value is -2.20. The van der Waals surface area contributed by atoms with Crippen molar-refractivity contribution in [3.63, 3.8) is 0 Å². The Balaban J connectivity index is 2.15. The molecule has 5 heteroatoms. The zero-order valence-electron chi connectivity index (χ0n) is 14.3. The zero-order valence-corrected chi connectivity index (χ0v) is 15.0. The number of halogens is 1. The van der Waals surface area contributed by atoms with Crippen LogP contribution in [-0.2, 0) is 4.79 Å². The lowest BCUT2D eigenvalue weighted by Gasteiger charge is -2.21. The van der Waals surface area contributed by atoms with Gasteiger partial charge in [0.25, 0.3) is 0 Å². The van der Waals surface area contributed by atoms with Crippen molar-refractivity contribution < 1.29 is 9.59 Å². The molecule has 126 valence electrons. The van der Waals surface area contributed by atoms with Crippen LogP contribution >= 0.6 is 11.6 Å². The van der Waals surface area contributed by atoms with Gasteiger partial charge in [-0.3, -0.25) is 14.5 Å². The normalized spacial score (nSPS) is 12.1. The number of likely N-dealkylation sites (N-methyl/N-ethyl adjacent to an activating group) is 1. The minimum Gasteiger partial charge on any atom is -0.299 e. The number of anilines is 1. The molecule has 0 saturated heterocycles. The van der Waals surface area contributed by atoms with Crippen LogP contribution in [0.5, 0.6) is 0 Å². The van der Waals surface area contributed by atoms with Gasteiger partial charge in [-0.25, -0.2) is 4.98 Å². The zero-order chi connectivity index (χ0) is 17.9. The Kier molecular flexibility index (Phi) is 5.73. The standard InChI is InChI=1S/C19H21ClN2O2/c1-12(2)18(23)15-7-5-14(6-8-15)13(3)19(24)22(4)17-10-9-16(20)11-21-17/h5-13H,1-4H3/t13-/m1/s1. The summed E-state index contributed by atoms with van der Waals surface area (Å²) in [6.45, 7) is 5.58. The van der Waals surface area contributed by atoms with E-state index in [0.29, 0.717) is 16.4 Å². The van der Waals surface area contributed by atoms with Crippen molar-refractivity contribution in [3.05, 3.63) is 58.7 Å². The van der Waals surface area contributed by atoms with Crippen LogP contribution < -0.4 is 4.90 Å². The second kappa shape index (κ2) is 7.58. The molecule has 0 aliphatic carbocycles. The molecule has 0 unspecified atom stereocenters. The Bertz CT molecular complexity index is 724. The van der Waals surface area contributed by atoms with Crippen LogP contribution in [0.25, 0.3) is 0 Å². The number of hydrogen-bond donors (Lipinski definition) is 0. The molecular weight excluding hydrogens is 324 g/mol. The summed E-state index contributed by atoms with van der Waals surface area (Å²) in [6.07, 6.45) is 1.51. The number of carbonyl (C=O) groups is 2. The fraction of sp³-hybridized carbons (Fsp3) is 0.316. The Morgan fingerprint density at radius 2 is 1.67 bits per heavy atom. The van der Waals surface area contributed by atoms with Gasteiger partial charge in [-0.1, -0.05) is 49.7 Å². The van der Waals surface area contributed by atoms with E-state index in [1.807, 2.05) is 32.9 Å². The molecule has 2 rings (SSSR count). The summed E-state index contributed by atoms with van der Waals surface area (Å²) in [5.41, 5.74) is 1.53. The van der Waals surface area contributed by atoms with Crippen LogP contribution in [0.3, 0.4) is 0 Å². The highest BCUT2D eigenvalue weighted by molar-refractivity contribution is 6.30. The van der Waals surface area contributed by atoms with Crippen LogP contribution in [0.2, 0.25) is 5.02 Å². The van der Waals surface area contributed by atoms with E-state index >= 15 is 0 Å². The third-order valence-electron chi connectivity index (χ3n) is 3.98. The first-order valence-corrected chi connectivity index (χ1v) is 8.22. The summed E-state index contributed by atoms with van der Waals surface area (Å²) in [4.78, 5) is 30.3. The van der Waals surface area contributed by atoms with Gasteiger partial charge in [0, 0.05) is 24.7 Å². The van der Waals surface area contributed by atoms with E-state index in [9.17, 15) is 9.59 Å². The monoisotopic (exact) mass is 344 g/mol. The topological polar surface area (TPSA) is 50.3 Å². The van der Waals surface area contributed by atoms with E-state index in [0.717, 1.165) is 5.56 Å². The Labute approximate surface area is 147 Å². The van der Waals surface area contributed by atoms with E-state index < -0.39 is 0 Å². The number of ketones is 1. The van der Waals surface area contributed by atoms with Gasteiger partial charge >= 0.3 is 0 Å². The van der Waals surface area contributed by atoms with Crippen LogP contribution in [-0.4, -0.2) is 23.7 Å². The van der Waals surface area contributed by atoms with Crippen molar-refractivity contribution in [2.45, 2.75) is 26.7 Å². The van der Waals surface area contributed by atoms with Gasteiger partial charge in [0.1, 0.15) is 5.82 Å². The lowest BCUT2D eigenvalue weighted by molar-refractivity contribution is -0.119. The maximum Gasteiger partial charge on any atom is 0.235 e. The number of aromatic nitrogens is 1. The summed E-state index contributed by atoms with van der Waals surface area (Å²) >= 11 is 5.82. The molecule has 1 heterocycles. The quantitative estimate of drug-likeness (QED) is 0.758. The van der Waals surface area contributed by atoms with Crippen LogP contribution in [0.4, 0.5) is 5.82 Å². The molecule has 4 nitrogen and oxygen atoms in total. The minimum absolute atomic E-state index is 0.0444. The molecule has 0 aliphatic rings. The number of nitrogens with zero attached hydrogens (tertiary/aromatic N) is 2. The van der Waals surface area contributed by atoms with Gasteiger partial charge in [-0.2, -0.15) is 0 Å². The number of Topliss-reactive ketones (excluding diaryl/α,β-unsaturated/α-hetero) is 1. The molecule has 24 heavy (non-hydrogen) atoms. The molecule has 0 bridgehead atoms. The number of hydrogen-bond acceptors (Lipinski definition) is 3. The molecule has 1 amide bonds. The number of amides is 1. The second-order valence-electron chi connectivity index (χ2n) is 6.09. The van der Waals surface area contributed by atoms with Gasteiger partial charge < -0.3 is 0 Å². The lowest BCUT2D eigenvalue weighted by Crippen LogP contribution is -2.31. The van der Waals surface area contributed by atoms with E-state index in [-0.39, 0.29) is 23.5 Å². The SMILES string of the molecule is CC(C)C(=O)c1ccc([C@@H](C)C(=O)N(C)c2ccc(Cl)cn2)cc1. The Morgan fingerprint density at radius 1 is 1.04 bits per heavy atom. The molecule has 0 fully saturated rings. The molecule has 1 atom stereocenters. The van der Waals surface area contributed by atoms with E-state index in [1.165, 1.54) is 11.1 Å². The van der Waals surface area contributed by atoms with Crippen molar-refractivity contribution in [2.75, 3.05) is 11.9 Å². The van der Waals surface area contributed by atoms with Crippen molar-refractivity contribution in [1.82, 2.24) is 4.98 Å². The fourth-order valence-electron chi connectivity index (χ4n) is 2.38. The highest BCUT2D eigenvalue weighted by Crippen LogP contribution is 2.22. The molecule has 1 aromatic heterocycles. The highest BCUT2D eigenvalue weighted by Gasteiger charge is 2.21. The average Bonchev–Trinajstić information content (AvgIpc) is 2.60. The average molecular weight is 345 g/mol. The summed E-state index contributed by atoms with van der Waals surface area (Å²) in [6, 6.07) is 10.6. The summed E-state index contributed by atoms with van der Waals surface area (Å²) in [7, 11) is 1.69. The first-order chi connectivity index (χ1) is 11.3. The fourth-order valence-corrected chi connectivity index (χ4v) is 2.49. The van der Waals surface area contributed by atoms with Gasteiger partial charge in [-0.15, -0.1) is 0 Å². The van der Waals surface area contributed by atoms with Gasteiger partial charge in [0.05, 0.1) is 10.9 Å². The smallest absolute Gasteiger partial charge is 0.235 e. The highest BCUT2D eigenvalue weighted by atomic mass is 35.5. The molecular formula is C19H21ClN2O2. The van der Waals surface area contributed by atoms with Crippen LogP contribution in [0.15, 0.2) is 42.6 Å². The number of rotatable bonds is 5. The summed E-state index contributed by atoms with van der Waals surface area (Å²) in [5.74, 6) is 0.186. The van der Waals surface area contributed by atoms with Crippen molar-refractivity contribution in [1.29, 1.82) is 0 Å². The van der Waals surface area contributed by atoms with Gasteiger partial charge in [0.2, 0.25) is 5.91 Å². The first kappa shape index (κ1) is 18.1. The van der Waals surface area contributed by atoms with Crippen molar-refractivity contribution in [2.24, 2.45) is 5.92 Å². The maximum absolute atomic E-state index is 12.6. The molecule has 0 aliphatic heterocycles. The van der Waals surface area contributed by atoms with Crippen LogP contribution in [0, 0.1) is 5.92 Å². The predicted octanol–water partition coefficient (Wildman–Crippen LogP) is 4.34. The second-order valence-corrected chi connectivity index (χ2v) is 6.53. The third kappa shape index (κ3) is 4.01. The number of pyridine rings is 1. The number of benzene rings is 1. The van der Waals surface area contributed by atoms with E-state index in [4.69, 9.17) is 11.6 Å². The molecule has 0 spiro atoms. The van der Waals surface area contributed by atoms with E-state index in [1.54, 1.807) is 31.3 Å². The molecule has 0 radical (unpaired) electrons. The van der Waals surface area contributed by atoms with Gasteiger partial charge in [0.15, 0.2) is 5.78 Å². The molecule has 0 saturated carbocycles. The Morgan fingerprint density at radius 3 is 2.17 bits per heavy atom. The first-order valence-electron chi connectivity index (χ1n) is 7.84. The third-order valence-corrected chi connectivity index (χ3v) is 4.20. The molecule has 1 aromatic carbocycles. The number of carbonyl (C=O) groups excluding carboxylic acids is 2. The summed E-state index contributed by atoms with van der Waals surface area (Å²) in [5, 5.41) is 0.526. The predicted molar refractivity (Wildman–Crippen MR) is 96.7 cm³/mol. The molecule has 2 aromatic rings. The lowest BCUT2D eigenvalue weighted by atomic mass is 9.95. The van der Waals surface area contributed by atoms with Gasteiger partial charge in [-0.05, 0) is 24.6 Å². The maximum atomic E-state index is 12.6. The minimum atomic E-state index is -0.337. The van der Waals surface area contributed by atoms with Crippen molar-refractivity contribution >= 4 is 29.1 Å². The van der Waals surface area contributed by atoms with Crippen molar-refractivity contribution in [3.8, 4) is 0 Å². The van der Waals surface area contributed by atoms with E-state index in [2.05, 4.69) is 4.98 Å². The van der Waals surface area contributed by atoms with Crippen LogP contribution in [0.1, 0.15) is 42.6 Å².